The summed E-state index contributed by atoms with van der Waals surface area (Å²) in [4.78, 5) is 0. The summed E-state index contributed by atoms with van der Waals surface area (Å²) in [5.41, 5.74) is 7.15. The lowest BCUT2D eigenvalue weighted by molar-refractivity contribution is 0.466. The molecule has 0 aliphatic rings. The van der Waals surface area contributed by atoms with Gasteiger partial charge in [0.1, 0.15) is 17.4 Å². The van der Waals surface area contributed by atoms with Gasteiger partial charge in [-0.25, -0.2) is 8.78 Å². The molecule has 2 N–H and O–H groups in total. The largest absolute Gasteiger partial charge is 0.507 e. The van der Waals surface area contributed by atoms with Gasteiger partial charge in [-0.3, -0.25) is 0 Å². The molecule has 0 heterocycles. The van der Waals surface area contributed by atoms with E-state index in [0.717, 1.165) is 30.6 Å². The van der Waals surface area contributed by atoms with Gasteiger partial charge >= 0.3 is 0 Å². The topological polar surface area (TPSA) is 32.3 Å². The highest BCUT2D eigenvalue weighted by atomic mass is 19.1. The summed E-state index contributed by atoms with van der Waals surface area (Å²) in [6, 6.07) is 3.78. The van der Waals surface area contributed by atoms with Crippen LogP contribution in [0, 0.1) is 17.7 Å². The average molecular weight is 612 g/mol. The summed E-state index contributed by atoms with van der Waals surface area (Å²) in [5, 5.41) is 13.0. The number of hydrogen-bond donors (Lipinski definition) is 2. The molecule has 2 nitrogen and oxygen atoms in total. The van der Waals surface area contributed by atoms with Crippen molar-refractivity contribution >= 4 is 5.57 Å². The number of rotatable bonds is 11. The minimum absolute atomic E-state index is 0.194. The van der Waals surface area contributed by atoms with Crippen molar-refractivity contribution in [3.63, 3.8) is 0 Å². The molecule has 0 atom stereocenters. The van der Waals surface area contributed by atoms with E-state index in [2.05, 4.69) is 93.1 Å². The van der Waals surface area contributed by atoms with Gasteiger partial charge in [0.15, 0.2) is 0 Å². The zero-order chi connectivity index (χ0) is 35.2. The fraction of sp³-hybridized carbons (Fsp3) is 0.450. The first-order valence-corrected chi connectivity index (χ1v) is 15.4. The molecule has 1 aromatic carbocycles. The highest BCUT2D eigenvalue weighted by Crippen LogP contribution is 2.33. The van der Waals surface area contributed by atoms with Gasteiger partial charge in [0, 0.05) is 5.57 Å². The Morgan fingerprint density at radius 2 is 1.48 bits per heavy atom. The van der Waals surface area contributed by atoms with Gasteiger partial charge in [-0.1, -0.05) is 94.9 Å². The van der Waals surface area contributed by atoms with E-state index in [1.54, 1.807) is 6.92 Å². The molecule has 0 aromatic heterocycles. The summed E-state index contributed by atoms with van der Waals surface area (Å²) in [6.07, 6.45) is 6.40. The third-order valence-corrected chi connectivity index (χ3v) is 6.25. The molecule has 44 heavy (non-hydrogen) atoms. The Kier molecular flexibility index (Phi) is 25.8. The first kappa shape index (κ1) is 45.2. The van der Waals surface area contributed by atoms with Crippen LogP contribution in [-0.4, -0.2) is 18.2 Å². The van der Waals surface area contributed by atoms with E-state index in [4.69, 9.17) is 0 Å². The number of nitrogens with one attached hydrogen (secondary N) is 1. The molecule has 0 fully saturated rings. The second kappa shape index (κ2) is 25.1. The van der Waals surface area contributed by atoms with E-state index in [-0.39, 0.29) is 16.9 Å². The van der Waals surface area contributed by atoms with Crippen molar-refractivity contribution in [2.45, 2.75) is 96.4 Å². The predicted octanol–water partition coefficient (Wildman–Crippen LogP) is 12.6. The van der Waals surface area contributed by atoms with Crippen molar-refractivity contribution in [2.24, 2.45) is 11.8 Å². The molecule has 0 spiro atoms. The number of allylic oxidation sites excluding steroid dienone is 12. The number of phenolic OH excluding ortho intramolecular Hbond substituents is 1. The Labute approximate surface area is 270 Å². The number of benzene rings is 1. The van der Waals surface area contributed by atoms with Gasteiger partial charge in [-0.2, -0.15) is 0 Å². The molecule has 0 saturated heterocycles. The monoisotopic (exact) mass is 611 g/mol. The average Bonchev–Trinajstić information content (AvgIpc) is 2.90. The maximum absolute atomic E-state index is 14.2. The SMILES string of the molecule is C=C(C)C.C=C(C)C(/C=C(/F)C(=C)c1c(O)cccc1F)=C(C)C.C=C/C=C(C)\C(C)=C(/C)C(C)C.CCCNCC(C)C. The minimum Gasteiger partial charge on any atom is -0.507 e. The molecule has 1 aromatic rings. The van der Waals surface area contributed by atoms with Crippen molar-refractivity contribution in [3.8, 4) is 5.75 Å². The van der Waals surface area contributed by atoms with Gasteiger partial charge < -0.3 is 10.4 Å². The predicted molar refractivity (Wildman–Crippen MR) is 195 cm³/mol. The Morgan fingerprint density at radius 1 is 0.955 bits per heavy atom. The summed E-state index contributed by atoms with van der Waals surface area (Å²) in [5.74, 6) is -0.329. The Balaban J connectivity index is -0.000000593. The van der Waals surface area contributed by atoms with Crippen molar-refractivity contribution in [2.75, 3.05) is 13.1 Å². The van der Waals surface area contributed by atoms with Crippen LogP contribution in [0.15, 0.2) is 108 Å². The Morgan fingerprint density at radius 3 is 1.84 bits per heavy atom. The van der Waals surface area contributed by atoms with E-state index >= 15 is 0 Å². The minimum atomic E-state index is -0.715. The highest BCUT2D eigenvalue weighted by molar-refractivity contribution is 5.79. The quantitative estimate of drug-likeness (QED) is 0.148. The van der Waals surface area contributed by atoms with Crippen LogP contribution in [-0.2, 0) is 0 Å². The molecular weight excluding hydrogens is 548 g/mol. The summed E-state index contributed by atoms with van der Waals surface area (Å²) >= 11 is 0. The maximum Gasteiger partial charge on any atom is 0.134 e. The van der Waals surface area contributed by atoms with Crippen molar-refractivity contribution in [1.82, 2.24) is 5.32 Å². The fourth-order valence-corrected chi connectivity index (χ4v) is 3.45. The van der Waals surface area contributed by atoms with E-state index in [1.807, 2.05) is 33.8 Å². The lowest BCUT2D eigenvalue weighted by atomic mass is 9.95. The molecule has 0 aliphatic heterocycles. The van der Waals surface area contributed by atoms with Gasteiger partial charge in [0.05, 0.1) is 5.56 Å². The molecule has 4 heteroatoms. The molecule has 0 radical (unpaired) electrons. The zero-order valence-corrected chi connectivity index (χ0v) is 30.3. The molecule has 0 bridgehead atoms. The Hall–Kier alpha value is -3.24. The van der Waals surface area contributed by atoms with Gasteiger partial charge in [0.2, 0.25) is 0 Å². The fourth-order valence-electron chi connectivity index (χ4n) is 3.45. The van der Waals surface area contributed by atoms with E-state index in [0.29, 0.717) is 17.1 Å². The van der Waals surface area contributed by atoms with Crippen LogP contribution in [0.2, 0.25) is 0 Å². The Bertz CT molecular complexity index is 1160. The number of phenols is 1. The number of aromatic hydroxyl groups is 1. The van der Waals surface area contributed by atoms with E-state index in [9.17, 15) is 13.9 Å². The molecule has 1 rings (SSSR count). The standard InChI is InChI=1S/C17H18F2O.C12H20.C7H17N.C4H8/c1-10(2)13(11(3)4)9-15(19)12(5)17-14(18)7-6-8-16(17)20;1-7-8-10(4)12(6)11(5)9(2)3;1-4-5-8-6-7(2)3;1-4(2)3/h6-9,20H,1,5H2,2-4H3;7-9H,1H2,2-6H3;7-8H,4-6H2,1-3H3;1H2,2-3H3/b15-9+;10-8-,12-11+;;. The first-order valence-electron chi connectivity index (χ1n) is 15.4. The van der Waals surface area contributed by atoms with Crippen molar-refractivity contribution in [1.29, 1.82) is 0 Å². The third-order valence-electron chi connectivity index (χ3n) is 6.25. The van der Waals surface area contributed by atoms with Crippen LogP contribution in [0.1, 0.15) is 102 Å². The maximum atomic E-state index is 14.2. The number of hydrogen-bond acceptors (Lipinski definition) is 2. The van der Waals surface area contributed by atoms with Crippen LogP contribution < -0.4 is 5.32 Å². The van der Waals surface area contributed by atoms with Crippen molar-refractivity contribution in [3.05, 3.63) is 119 Å². The van der Waals surface area contributed by atoms with Gasteiger partial charge in [-0.15, -0.1) is 6.58 Å². The molecule has 0 saturated carbocycles. The van der Waals surface area contributed by atoms with E-state index in [1.165, 1.54) is 46.9 Å². The van der Waals surface area contributed by atoms with Crippen LogP contribution in [0.5, 0.6) is 5.75 Å². The van der Waals surface area contributed by atoms with Crippen LogP contribution in [0.4, 0.5) is 8.78 Å². The van der Waals surface area contributed by atoms with Crippen LogP contribution in [0.3, 0.4) is 0 Å². The summed E-state index contributed by atoms with van der Waals surface area (Å²) in [6.45, 7) is 43.8. The molecular formula is C40H63F2NO. The second-order valence-electron chi connectivity index (χ2n) is 12.2. The summed E-state index contributed by atoms with van der Waals surface area (Å²) < 4.78 is 27.9. The molecule has 0 unspecified atom stereocenters. The molecule has 0 amide bonds. The smallest absolute Gasteiger partial charge is 0.134 e. The lowest BCUT2D eigenvalue weighted by Gasteiger charge is -2.11. The van der Waals surface area contributed by atoms with Crippen LogP contribution >= 0.6 is 0 Å². The zero-order valence-electron chi connectivity index (χ0n) is 30.3. The van der Waals surface area contributed by atoms with Gasteiger partial charge in [-0.05, 0) is 122 Å². The molecule has 0 aliphatic carbocycles. The van der Waals surface area contributed by atoms with Crippen LogP contribution in [0.25, 0.3) is 5.57 Å². The highest BCUT2D eigenvalue weighted by Gasteiger charge is 2.15. The first-order chi connectivity index (χ1) is 20.3. The van der Waals surface area contributed by atoms with Gasteiger partial charge in [0.25, 0.3) is 0 Å². The van der Waals surface area contributed by atoms with Crippen molar-refractivity contribution < 1.29 is 13.9 Å². The third kappa shape index (κ3) is 21.4. The summed E-state index contributed by atoms with van der Waals surface area (Å²) in [7, 11) is 0. The van der Waals surface area contributed by atoms with E-state index < -0.39 is 11.6 Å². The lowest BCUT2D eigenvalue weighted by Crippen LogP contribution is -2.19. The normalized spacial score (nSPS) is 11.6. The molecule has 248 valence electrons. The second-order valence-corrected chi connectivity index (χ2v) is 12.2. The number of halogens is 2.